The van der Waals surface area contributed by atoms with E-state index in [1.54, 1.807) is 12.0 Å². The monoisotopic (exact) mass is 352 g/mol. The van der Waals surface area contributed by atoms with Crippen LogP contribution in [0.5, 0.6) is 5.75 Å². The quantitative estimate of drug-likeness (QED) is 0.892. The number of rotatable bonds is 5. The minimum atomic E-state index is -0.361. The molecule has 1 atom stereocenters. The first kappa shape index (κ1) is 18.0. The summed E-state index contributed by atoms with van der Waals surface area (Å²) in [6, 6.07) is 15.2. The molecule has 5 heteroatoms. The average molecular weight is 352 g/mol. The Kier molecular flexibility index (Phi) is 5.56. The molecule has 1 N–H and O–H groups in total. The minimum Gasteiger partial charge on any atom is -0.497 e. The lowest BCUT2D eigenvalue weighted by Crippen LogP contribution is -2.42. The first-order chi connectivity index (χ1) is 12.6. The number of amides is 2. The van der Waals surface area contributed by atoms with Gasteiger partial charge >= 0.3 is 0 Å². The zero-order valence-electron chi connectivity index (χ0n) is 15.2. The average Bonchev–Trinajstić information content (AvgIpc) is 3.18. The van der Waals surface area contributed by atoms with Gasteiger partial charge in [0.1, 0.15) is 11.8 Å². The summed E-state index contributed by atoms with van der Waals surface area (Å²) >= 11 is 0. The van der Waals surface area contributed by atoms with Crippen LogP contribution in [0.2, 0.25) is 0 Å². The van der Waals surface area contributed by atoms with Gasteiger partial charge < -0.3 is 15.0 Å². The molecule has 1 aliphatic heterocycles. The van der Waals surface area contributed by atoms with Gasteiger partial charge in [0.2, 0.25) is 11.8 Å². The second-order valence-corrected chi connectivity index (χ2v) is 6.40. The molecule has 1 aliphatic rings. The van der Waals surface area contributed by atoms with Crippen LogP contribution >= 0.6 is 0 Å². The molecule has 26 heavy (non-hydrogen) atoms. The number of nitrogens with one attached hydrogen (secondary N) is 1. The summed E-state index contributed by atoms with van der Waals surface area (Å²) in [4.78, 5) is 26.2. The molecule has 136 valence electrons. The predicted octanol–water partition coefficient (Wildman–Crippen LogP) is 3.70. The minimum absolute atomic E-state index is 0.0380. The maximum Gasteiger partial charge on any atom is 0.247 e. The Morgan fingerprint density at radius 2 is 1.92 bits per heavy atom. The van der Waals surface area contributed by atoms with Crippen LogP contribution in [0.15, 0.2) is 48.5 Å². The predicted molar refractivity (Wildman–Crippen MR) is 102 cm³/mol. The van der Waals surface area contributed by atoms with E-state index in [2.05, 4.69) is 5.32 Å². The molecular formula is C21H24N2O3. The standard InChI is InChI=1S/C21H24N2O3/c1-3-20(24)23-13-5-8-19(23)21(25)22-17-11-9-15(10-12-17)16-6-4-7-18(14-16)26-2/h4,6-7,9-12,14,19H,3,5,8,13H2,1-2H3,(H,22,25)/t19-/m0/s1. The molecular weight excluding hydrogens is 328 g/mol. The Morgan fingerprint density at radius 3 is 2.62 bits per heavy atom. The summed E-state index contributed by atoms with van der Waals surface area (Å²) in [6.07, 6.45) is 2.02. The van der Waals surface area contributed by atoms with Gasteiger partial charge in [0, 0.05) is 18.7 Å². The van der Waals surface area contributed by atoms with Gasteiger partial charge in [-0.25, -0.2) is 0 Å². The SMILES string of the molecule is CCC(=O)N1CCC[C@H]1C(=O)Nc1ccc(-c2cccc(OC)c2)cc1. The van der Waals surface area contributed by atoms with E-state index in [-0.39, 0.29) is 17.9 Å². The third-order valence-electron chi connectivity index (χ3n) is 4.73. The van der Waals surface area contributed by atoms with Crippen LogP contribution in [0.3, 0.4) is 0 Å². The van der Waals surface area contributed by atoms with Gasteiger partial charge in [-0.2, -0.15) is 0 Å². The van der Waals surface area contributed by atoms with Crippen molar-refractivity contribution in [2.75, 3.05) is 19.0 Å². The Labute approximate surface area is 154 Å². The molecule has 1 fully saturated rings. The summed E-state index contributed by atoms with van der Waals surface area (Å²) in [5, 5.41) is 2.94. The molecule has 1 heterocycles. The van der Waals surface area contributed by atoms with Gasteiger partial charge in [-0.05, 0) is 48.2 Å². The van der Waals surface area contributed by atoms with Gasteiger partial charge in [0.15, 0.2) is 0 Å². The molecule has 5 nitrogen and oxygen atoms in total. The van der Waals surface area contributed by atoms with Crippen molar-refractivity contribution in [2.24, 2.45) is 0 Å². The van der Waals surface area contributed by atoms with Crippen LogP contribution in [0.4, 0.5) is 5.69 Å². The number of hydrogen-bond donors (Lipinski definition) is 1. The number of nitrogens with zero attached hydrogens (tertiary/aromatic N) is 1. The molecule has 0 bridgehead atoms. The molecule has 0 radical (unpaired) electrons. The Hall–Kier alpha value is -2.82. The molecule has 2 aromatic rings. The van der Waals surface area contributed by atoms with Crippen LogP contribution in [0, 0.1) is 0 Å². The maximum atomic E-state index is 12.6. The third kappa shape index (κ3) is 3.87. The molecule has 0 unspecified atom stereocenters. The summed E-state index contributed by atoms with van der Waals surface area (Å²) in [5.41, 5.74) is 2.83. The first-order valence-electron chi connectivity index (χ1n) is 8.97. The van der Waals surface area contributed by atoms with E-state index in [4.69, 9.17) is 4.74 Å². The normalized spacial score (nSPS) is 16.4. The van der Waals surface area contributed by atoms with E-state index in [1.807, 2.05) is 55.5 Å². The number of carbonyl (C=O) groups excluding carboxylic acids is 2. The zero-order chi connectivity index (χ0) is 18.5. The van der Waals surface area contributed by atoms with Crippen LogP contribution in [-0.2, 0) is 9.59 Å². The van der Waals surface area contributed by atoms with Crippen LogP contribution in [0.25, 0.3) is 11.1 Å². The van der Waals surface area contributed by atoms with Crippen LogP contribution < -0.4 is 10.1 Å². The largest absolute Gasteiger partial charge is 0.497 e. The van der Waals surface area contributed by atoms with Crippen molar-refractivity contribution >= 4 is 17.5 Å². The van der Waals surface area contributed by atoms with E-state index < -0.39 is 0 Å². The Balaban J connectivity index is 1.69. The van der Waals surface area contributed by atoms with E-state index in [9.17, 15) is 9.59 Å². The molecule has 3 rings (SSSR count). The number of anilines is 1. The third-order valence-corrected chi connectivity index (χ3v) is 4.73. The molecule has 2 aromatic carbocycles. The fourth-order valence-electron chi connectivity index (χ4n) is 3.32. The van der Waals surface area contributed by atoms with Gasteiger partial charge in [-0.15, -0.1) is 0 Å². The highest BCUT2D eigenvalue weighted by Gasteiger charge is 2.33. The van der Waals surface area contributed by atoms with Crippen LogP contribution in [0.1, 0.15) is 26.2 Å². The van der Waals surface area contributed by atoms with E-state index >= 15 is 0 Å². The number of hydrogen-bond acceptors (Lipinski definition) is 3. The van der Waals surface area contributed by atoms with Crippen molar-refractivity contribution in [2.45, 2.75) is 32.2 Å². The Bertz CT molecular complexity index is 786. The summed E-state index contributed by atoms with van der Waals surface area (Å²) in [7, 11) is 1.65. The second kappa shape index (κ2) is 8.04. The number of benzene rings is 2. The van der Waals surface area contributed by atoms with E-state index in [0.29, 0.717) is 13.0 Å². The molecule has 0 aromatic heterocycles. The van der Waals surface area contributed by atoms with Crippen molar-refractivity contribution in [1.82, 2.24) is 4.90 Å². The van der Waals surface area contributed by atoms with Gasteiger partial charge in [0.25, 0.3) is 0 Å². The Morgan fingerprint density at radius 1 is 1.15 bits per heavy atom. The highest BCUT2D eigenvalue weighted by Crippen LogP contribution is 2.26. The topological polar surface area (TPSA) is 58.6 Å². The zero-order valence-corrected chi connectivity index (χ0v) is 15.2. The summed E-state index contributed by atoms with van der Waals surface area (Å²) < 4.78 is 5.26. The van der Waals surface area contributed by atoms with Gasteiger partial charge in [-0.3, -0.25) is 9.59 Å². The second-order valence-electron chi connectivity index (χ2n) is 6.40. The highest BCUT2D eigenvalue weighted by molar-refractivity contribution is 5.97. The van der Waals surface area contributed by atoms with Gasteiger partial charge in [-0.1, -0.05) is 31.2 Å². The van der Waals surface area contributed by atoms with Crippen molar-refractivity contribution < 1.29 is 14.3 Å². The highest BCUT2D eigenvalue weighted by atomic mass is 16.5. The fraction of sp³-hybridized carbons (Fsp3) is 0.333. The molecule has 2 amide bonds. The van der Waals surface area contributed by atoms with Gasteiger partial charge in [0.05, 0.1) is 7.11 Å². The van der Waals surface area contributed by atoms with Crippen molar-refractivity contribution in [3.8, 4) is 16.9 Å². The van der Waals surface area contributed by atoms with Crippen molar-refractivity contribution in [1.29, 1.82) is 0 Å². The first-order valence-corrected chi connectivity index (χ1v) is 8.97. The summed E-state index contributed by atoms with van der Waals surface area (Å²) in [5.74, 6) is 0.733. The van der Waals surface area contributed by atoms with Crippen LogP contribution in [-0.4, -0.2) is 36.4 Å². The number of carbonyl (C=O) groups is 2. The number of ether oxygens (including phenoxy) is 1. The molecule has 0 spiro atoms. The van der Waals surface area contributed by atoms with Crippen molar-refractivity contribution in [3.05, 3.63) is 48.5 Å². The number of likely N-dealkylation sites (tertiary alicyclic amines) is 1. The van der Waals surface area contributed by atoms with E-state index in [1.165, 1.54) is 0 Å². The smallest absolute Gasteiger partial charge is 0.247 e. The summed E-state index contributed by atoms with van der Waals surface area (Å²) in [6.45, 7) is 2.49. The molecule has 0 aliphatic carbocycles. The lowest BCUT2D eigenvalue weighted by Gasteiger charge is -2.23. The van der Waals surface area contributed by atoms with E-state index in [0.717, 1.165) is 35.4 Å². The lowest BCUT2D eigenvalue weighted by molar-refractivity contribution is -0.136. The fourth-order valence-corrected chi connectivity index (χ4v) is 3.32. The van der Waals surface area contributed by atoms with Crippen molar-refractivity contribution in [3.63, 3.8) is 0 Å². The lowest BCUT2D eigenvalue weighted by atomic mass is 10.0. The maximum absolute atomic E-state index is 12.6. The number of methoxy groups -OCH3 is 1. The molecule has 0 saturated carbocycles. The molecule has 1 saturated heterocycles.